The van der Waals surface area contributed by atoms with Gasteiger partial charge in [-0.15, -0.1) is 24.0 Å². The Morgan fingerprint density at radius 3 is 2.75 bits per heavy atom. The fraction of sp³-hybridized carbons (Fsp3) is 0.600. The summed E-state index contributed by atoms with van der Waals surface area (Å²) in [5.41, 5.74) is 1.95. The number of likely N-dealkylation sites (tertiary alicyclic amines) is 2. The van der Waals surface area contributed by atoms with Gasteiger partial charge in [0.15, 0.2) is 5.96 Å². The van der Waals surface area contributed by atoms with Gasteiger partial charge >= 0.3 is 6.03 Å². The number of anilines is 1. The van der Waals surface area contributed by atoms with Crippen LogP contribution in [0.1, 0.15) is 24.8 Å². The number of guanidine groups is 1. The zero-order chi connectivity index (χ0) is 19.1. The van der Waals surface area contributed by atoms with Crippen molar-refractivity contribution in [3.8, 4) is 0 Å². The lowest BCUT2D eigenvalue weighted by Gasteiger charge is -2.22. The van der Waals surface area contributed by atoms with Crippen LogP contribution >= 0.6 is 24.0 Å². The lowest BCUT2D eigenvalue weighted by Crippen LogP contribution is -2.39. The Morgan fingerprint density at radius 1 is 1.25 bits per heavy atom. The Balaban J connectivity index is 0.00000280. The van der Waals surface area contributed by atoms with Crippen LogP contribution in [0.3, 0.4) is 0 Å². The van der Waals surface area contributed by atoms with Gasteiger partial charge in [0.2, 0.25) is 0 Å². The molecule has 1 unspecified atom stereocenters. The van der Waals surface area contributed by atoms with Gasteiger partial charge in [0, 0.05) is 58.5 Å². The van der Waals surface area contributed by atoms with E-state index in [0.717, 1.165) is 69.3 Å². The van der Waals surface area contributed by atoms with Crippen LogP contribution in [0.5, 0.6) is 0 Å². The van der Waals surface area contributed by atoms with E-state index in [9.17, 15) is 4.79 Å². The molecule has 8 heteroatoms. The minimum atomic E-state index is -0.00493. The second-order valence-corrected chi connectivity index (χ2v) is 7.28. The van der Waals surface area contributed by atoms with E-state index < -0.39 is 0 Å². The largest absolute Gasteiger partial charge is 0.384 e. The Morgan fingerprint density at radius 2 is 2.04 bits per heavy atom. The molecule has 2 aliphatic rings. The van der Waals surface area contributed by atoms with E-state index in [-0.39, 0.29) is 30.0 Å². The third-order valence-electron chi connectivity index (χ3n) is 5.22. The number of ether oxygens (including phenoxy) is 1. The van der Waals surface area contributed by atoms with Crippen molar-refractivity contribution in [2.24, 2.45) is 10.9 Å². The SMILES string of the molecule is CN=C(NCc1cccc(NC(=O)N2CCCC2)c1)N1CCC(COC)C1.I. The number of aliphatic imine (C=N–C) groups is 1. The summed E-state index contributed by atoms with van der Waals surface area (Å²) < 4.78 is 5.27. The zero-order valence-corrected chi connectivity index (χ0v) is 19.1. The number of hydrogen-bond acceptors (Lipinski definition) is 3. The number of halogens is 1. The highest BCUT2D eigenvalue weighted by Gasteiger charge is 2.24. The molecular weight excluding hydrogens is 469 g/mol. The first-order valence-electron chi connectivity index (χ1n) is 9.79. The number of hydrogen-bond donors (Lipinski definition) is 2. The molecule has 7 nitrogen and oxygen atoms in total. The van der Waals surface area contributed by atoms with E-state index in [0.29, 0.717) is 12.5 Å². The molecule has 1 aromatic rings. The van der Waals surface area contributed by atoms with Crippen LogP contribution < -0.4 is 10.6 Å². The van der Waals surface area contributed by atoms with Gasteiger partial charge in [-0.2, -0.15) is 0 Å². The number of methoxy groups -OCH3 is 1. The fourth-order valence-corrected chi connectivity index (χ4v) is 3.79. The van der Waals surface area contributed by atoms with Crippen molar-refractivity contribution in [2.75, 3.05) is 52.3 Å². The van der Waals surface area contributed by atoms with Gasteiger partial charge in [-0.1, -0.05) is 12.1 Å². The summed E-state index contributed by atoms with van der Waals surface area (Å²) in [6.45, 7) is 5.14. The van der Waals surface area contributed by atoms with Crippen LogP contribution in [0.15, 0.2) is 29.3 Å². The van der Waals surface area contributed by atoms with Gasteiger partial charge in [0.1, 0.15) is 0 Å². The summed E-state index contributed by atoms with van der Waals surface area (Å²) >= 11 is 0. The van der Waals surface area contributed by atoms with Crippen molar-refractivity contribution in [3.05, 3.63) is 29.8 Å². The van der Waals surface area contributed by atoms with Crippen molar-refractivity contribution >= 4 is 41.7 Å². The number of benzene rings is 1. The Bertz CT molecular complexity index is 664. The average molecular weight is 501 g/mol. The molecule has 1 atom stereocenters. The molecular formula is C20H32IN5O2. The standard InChI is InChI=1S/C20H31N5O2.HI/c1-21-19(25-11-8-17(14-25)15-27-2)22-13-16-6-5-7-18(12-16)23-20(26)24-9-3-4-10-24;/h5-7,12,17H,3-4,8-11,13-15H2,1-2H3,(H,21,22)(H,23,26);1H. The third kappa shape index (κ3) is 6.23. The highest BCUT2D eigenvalue weighted by atomic mass is 127. The molecule has 2 N–H and O–H groups in total. The second kappa shape index (κ2) is 11.5. The topological polar surface area (TPSA) is 69.2 Å². The van der Waals surface area contributed by atoms with E-state index in [1.807, 2.05) is 30.1 Å². The summed E-state index contributed by atoms with van der Waals surface area (Å²) in [5, 5.41) is 6.44. The van der Waals surface area contributed by atoms with Crippen LogP contribution in [0.25, 0.3) is 0 Å². The maximum absolute atomic E-state index is 12.3. The van der Waals surface area contributed by atoms with Crippen molar-refractivity contribution < 1.29 is 9.53 Å². The van der Waals surface area contributed by atoms with E-state index in [1.54, 1.807) is 7.11 Å². The monoisotopic (exact) mass is 501 g/mol. The lowest BCUT2D eigenvalue weighted by atomic mass is 10.1. The molecule has 156 valence electrons. The van der Waals surface area contributed by atoms with E-state index in [1.165, 1.54) is 0 Å². The minimum absolute atomic E-state index is 0. The molecule has 1 aromatic carbocycles. The molecule has 2 heterocycles. The number of nitrogens with zero attached hydrogens (tertiary/aromatic N) is 3. The molecule has 0 aliphatic carbocycles. The van der Waals surface area contributed by atoms with Gasteiger partial charge in [-0.3, -0.25) is 4.99 Å². The highest BCUT2D eigenvalue weighted by Crippen LogP contribution is 2.17. The molecule has 28 heavy (non-hydrogen) atoms. The van der Waals surface area contributed by atoms with Crippen LogP contribution in [0.2, 0.25) is 0 Å². The molecule has 0 spiro atoms. The average Bonchev–Trinajstić information content (AvgIpc) is 3.35. The maximum Gasteiger partial charge on any atom is 0.321 e. The predicted molar refractivity (Wildman–Crippen MR) is 123 cm³/mol. The molecule has 3 rings (SSSR count). The predicted octanol–water partition coefficient (Wildman–Crippen LogP) is 2.98. The second-order valence-electron chi connectivity index (χ2n) is 7.28. The van der Waals surface area contributed by atoms with Gasteiger partial charge in [0.05, 0.1) is 6.61 Å². The maximum atomic E-state index is 12.3. The van der Waals surface area contributed by atoms with Gasteiger partial charge in [0.25, 0.3) is 0 Å². The first-order chi connectivity index (χ1) is 13.2. The summed E-state index contributed by atoms with van der Waals surface area (Å²) in [5.74, 6) is 1.48. The molecule has 2 aliphatic heterocycles. The van der Waals surface area contributed by atoms with E-state index in [2.05, 4.69) is 26.6 Å². The first-order valence-corrected chi connectivity index (χ1v) is 9.79. The summed E-state index contributed by atoms with van der Waals surface area (Å²) in [7, 11) is 3.57. The minimum Gasteiger partial charge on any atom is -0.384 e. The normalized spacial score (nSPS) is 19.5. The van der Waals surface area contributed by atoms with Crippen molar-refractivity contribution in [2.45, 2.75) is 25.8 Å². The number of amides is 2. The summed E-state index contributed by atoms with van der Waals surface area (Å²) in [6.07, 6.45) is 3.32. The molecule has 2 amide bonds. The van der Waals surface area contributed by atoms with E-state index in [4.69, 9.17) is 4.74 Å². The summed E-state index contributed by atoms with van der Waals surface area (Å²) in [6, 6.07) is 7.98. The molecule has 2 fully saturated rings. The molecule has 0 radical (unpaired) electrons. The highest BCUT2D eigenvalue weighted by molar-refractivity contribution is 14.0. The smallest absolute Gasteiger partial charge is 0.321 e. The Labute approximate surface area is 184 Å². The van der Waals surface area contributed by atoms with Gasteiger partial charge in [-0.25, -0.2) is 4.79 Å². The zero-order valence-electron chi connectivity index (χ0n) is 16.8. The van der Waals surface area contributed by atoms with Crippen molar-refractivity contribution in [1.29, 1.82) is 0 Å². The lowest BCUT2D eigenvalue weighted by molar-refractivity contribution is 0.157. The van der Waals surface area contributed by atoms with Crippen LogP contribution in [-0.2, 0) is 11.3 Å². The quantitative estimate of drug-likeness (QED) is 0.370. The summed E-state index contributed by atoms with van der Waals surface area (Å²) in [4.78, 5) is 20.8. The van der Waals surface area contributed by atoms with Crippen LogP contribution in [-0.4, -0.2) is 68.7 Å². The van der Waals surface area contributed by atoms with Crippen molar-refractivity contribution in [3.63, 3.8) is 0 Å². The molecule has 2 saturated heterocycles. The Hall–Kier alpha value is -1.55. The number of rotatable bonds is 5. The Kier molecular flexibility index (Phi) is 9.30. The third-order valence-corrected chi connectivity index (χ3v) is 5.22. The van der Waals surface area contributed by atoms with Crippen LogP contribution in [0.4, 0.5) is 10.5 Å². The number of nitrogens with one attached hydrogen (secondary N) is 2. The number of carbonyl (C=O) groups is 1. The molecule has 0 saturated carbocycles. The fourth-order valence-electron chi connectivity index (χ4n) is 3.79. The van der Waals surface area contributed by atoms with Gasteiger partial charge in [-0.05, 0) is 37.0 Å². The van der Waals surface area contributed by atoms with Crippen LogP contribution in [0, 0.1) is 5.92 Å². The number of carbonyl (C=O) groups excluding carboxylic acids is 1. The van der Waals surface area contributed by atoms with Gasteiger partial charge < -0.3 is 25.2 Å². The van der Waals surface area contributed by atoms with Crippen molar-refractivity contribution in [1.82, 2.24) is 15.1 Å². The molecule has 0 aromatic heterocycles. The van der Waals surface area contributed by atoms with E-state index >= 15 is 0 Å². The number of urea groups is 1. The first kappa shape index (κ1) is 22.7. The molecule has 0 bridgehead atoms.